The van der Waals surface area contributed by atoms with Gasteiger partial charge in [0, 0.05) is 16.6 Å². The van der Waals surface area contributed by atoms with E-state index in [4.69, 9.17) is 0 Å². The number of halogens is 3. The average molecular weight is 487 g/mol. The number of benzene rings is 2. The molecule has 0 unspecified atom stereocenters. The summed E-state index contributed by atoms with van der Waals surface area (Å²) in [4.78, 5) is 12.6. The van der Waals surface area contributed by atoms with Crippen LogP contribution in [0.3, 0.4) is 0 Å². The molecule has 1 aliphatic rings. The van der Waals surface area contributed by atoms with Gasteiger partial charge in [0.25, 0.3) is 0 Å². The van der Waals surface area contributed by atoms with Crippen molar-refractivity contribution in [1.29, 1.82) is 0 Å². The molecule has 1 amide bonds. The molecular weight excluding hydrogens is 466 g/mol. The fourth-order valence-electron chi connectivity index (χ4n) is 3.45. The lowest BCUT2D eigenvalue weighted by Gasteiger charge is -2.33. The Morgan fingerprint density at radius 2 is 1.72 bits per heavy atom. The summed E-state index contributed by atoms with van der Waals surface area (Å²) in [6.07, 6.45) is 4.06. The Morgan fingerprint density at radius 1 is 1.07 bits per heavy atom. The van der Waals surface area contributed by atoms with Crippen molar-refractivity contribution in [3.63, 3.8) is 0 Å². The van der Waals surface area contributed by atoms with Crippen molar-refractivity contribution in [2.45, 2.75) is 43.0 Å². The van der Waals surface area contributed by atoms with Gasteiger partial charge in [-0.15, -0.1) is 0 Å². The first-order valence-electron chi connectivity index (χ1n) is 9.29. The van der Waals surface area contributed by atoms with Crippen molar-refractivity contribution in [3.05, 3.63) is 58.6 Å². The third-order valence-electron chi connectivity index (χ3n) is 4.90. The van der Waals surface area contributed by atoms with E-state index in [1.807, 2.05) is 0 Å². The van der Waals surface area contributed by atoms with E-state index in [9.17, 15) is 22.0 Å². The molecule has 2 aromatic rings. The van der Waals surface area contributed by atoms with Crippen LogP contribution in [0, 0.1) is 11.6 Å². The van der Waals surface area contributed by atoms with Crippen LogP contribution in [-0.4, -0.2) is 31.2 Å². The van der Waals surface area contributed by atoms with Crippen LogP contribution in [0.2, 0.25) is 0 Å². The number of rotatable bonds is 6. The van der Waals surface area contributed by atoms with Gasteiger partial charge in [-0.1, -0.05) is 35.2 Å². The van der Waals surface area contributed by atoms with E-state index >= 15 is 0 Å². The summed E-state index contributed by atoms with van der Waals surface area (Å²) in [5.74, 6) is -2.21. The van der Waals surface area contributed by atoms with Gasteiger partial charge in [-0.3, -0.25) is 4.79 Å². The van der Waals surface area contributed by atoms with Crippen LogP contribution < -0.4 is 5.32 Å². The molecule has 1 fully saturated rings. The van der Waals surface area contributed by atoms with Gasteiger partial charge in [0.05, 0.1) is 17.1 Å². The van der Waals surface area contributed by atoms with Gasteiger partial charge in [-0.05, 0) is 49.2 Å². The Kier molecular flexibility index (Phi) is 7.02. The summed E-state index contributed by atoms with van der Waals surface area (Å²) in [7, 11) is -3.94. The Labute approximate surface area is 177 Å². The first kappa shape index (κ1) is 21.9. The minimum atomic E-state index is -3.94. The van der Waals surface area contributed by atoms with Gasteiger partial charge >= 0.3 is 0 Å². The number of hydrogen-bond donors (Lipinski definition) is 1. The van der Waals surface area contributed by atoms with Crippen LogP contribution in [0.5, 0.6) is 0 Å². The molecule has 0 aliphatic heterocycles. The third kappa shape index (κ3) is 5.40. The normalized spacial score (nSPS) is 15.4. The van der Waals surface area contributed by atoms with Crippen molar-refractivity contribution in [2.24, 2.45) is 0 Å². The molecule has 1 aliphatic carbocycles. The second-order valence-corrected chi connectivity index (χ2v) is 9.77. The summed E-state index contributed by atoms with van der Waals surface area (Å²) in [6, 6.07) is 8.57. The molecule has 0 saturated heterocycles. The maximum atomic E-state index is 13.8. The monoisotopic (exact) mass is 486 g/mol. The quantitative estimate of drug-likeness (QED) is 0.643. The first-order valence-corrected chi connectivity index (χ1v) is 11.5. The number of sulfonamides is 1. The molecule has 0 heterocycles. The molecule has 0 bridgehead atoms. The molecule has 29 heavy (non-hydrogen) atoms. The lowest BCUT2D eigenvalue weighted by Crippen LogP contribution is -2.45. The summed E-state index contributed by atoms with van der Waals surface area (Å²) in [5.41, 5.74) is -0.320. The maximum Gasteiger partial charge on any atom is 0.243 e. The van der Waals surface area contributed by atoms with Gasteiger partial charge in [0.1, 0.15) is 11.6 Å². The van der Waals surface area contributed by atoms with Gasteiger partial charge in [0.2, 0.25) is 15.9 Å². The predicted octanol–water partition coefficient (Wildman–Crippen LogP) is 4.69. The number of carbonyl (C=O) groups excluding carboxylic acids is 1. The number of hydrogen-bond acceptors (Lipinski definition) is 3. The minimum absolute atomic E-state index is 0.0796. The Balaban J connectivity index is 1.86. The molecule has 0 radical (unpaired) electrons. The summed E-state index contributed by atoms with van der Waals surface area (Å²) < 4.78 is 55.6. The van der Waals surface area contributed by atoms with Crippen molar-refractivity contribution < 1.29 is 22.0 Å². The molecule has 1 saturated carbocycles. The van der Waals surface area contributed by atoms with Gasteiger partial charge < -0.3 is 5.32 Å². The van der Waals surface area contributed by atoms with Crippen molar-refractivity contribution in [1.82, 2.24) is 4.31 Å². The van der Waals surface area contributed by atoms with E-state index in [-0.39, 0.29) is 16.6 Å². The van der Waals surface area contributed by atoms with E-state index in [1.165, 1.54) is 16.4 Å². The molecule has 156 valence electrons. The highest BCUT2D eigenvalue weighted by Gasteiger charge is 2.34. The zero-order valence-corrected chi connectivity index (χ0v) is 18.0. The van der Waals surface area contributed by atoms with Gasteiger partial charge in [0.15, 0.2) is 0 Å². The van der Waals surface area contributed by atoms with E-state index in [0.29, 0.717) is 12.8 Å². The largest absolute Gasteiger partial charge is 0.322 e. The highest BCUT2D eigenvalue weighted by Crippen LogP contribution is 2.28. The van der Waals surface area contributed by atoms with Crippen molar-refractivity contribution >= 4 is 37.5 Å². The van der Waals surface area contributed by atoms with Gasteiger partial charge in [-0.25, -0.2) is 17.2 Å². The second-order valence-electron chi connectivity index (χ2n) is 6.97. The van der Waals surface area contributed by atoms with E-state index < -0.39 is 34.1 Å². The minimum Gasteiger partial charge on any atom is -0.322 e. The number of amides is 1. The summed E-state index contributed by atoms with van der Waals surface area (Å²) >= 11 is 3.28. The maximum absolute atomic E-state index is 13.8. The summed E-state index contributed by atoms with van der Waals surface area (Å²) in [5, 5.41) is 2.29. The van der Waals surface area contributed by atoms with Gasteiger partial charge in [-0.2, -0.15) is 4.31 Å². The zero-order chi connectivity index (χ0) is 21.0. The molecule has 9 heteroatoms. The standard InChI is InChI=1S/C20H21BrF2N2O3S/c21-14-6-9-17(10-7-14)29(27,28)25(16-4-2-1-3-5-16)13-20(26)24-19-12-15(22)8-11-18(19)23/h6-12,16H,1-5,13H2,(H,24,26). The third-order valence-corrected chi connectivity index (χ3v) is 7.35. The SMILES string of the molecule is O=C(CN(C1CCCCC1)S(=O)(=O)c1ccc(Br)cc1)Nc1cc(F)ccc1F. The Bertz CT molecular complexity index is 978. The highest BCUT2D eigenvalue weighted by molar-refractivity contribution is 9.10. The van der Waals surface area contributed by atoms with Crippen LogP contribution in [0.1, 0.15) is 32.1 Å². The highest BCUT2D eigenvalue weighted by atomic mass is 79.9. The molecule has 5 nitrogen and oxygen atoms in total. The van der Waals surface area contributed by atoms with E-state index in [2.05, 4.69) is 21.2 Å². The van der Waals surface area contributed by atoms with Crippen LogP contribution in [-0.2, 0) is 14.8 Å². The van der Waals surface area contributed by atoms with Crippen molar-refractivity contribution in [2.75, 3.05) is 11.9 Å². The molecule has 2 aromatic carbocycles. The zero-order valence-electron chi connectivity index (χ0n) is 15.6. The summed E-state index contributed by atoms with van der Waals surface area (Å²) in [6.45, 7) is -0.473. The van der Waals surface area contributed by atoms with E-state index in [1.54, 1.807) is 12.1 Å². The fraction of sp³-hybridized carbons (Fsp3) is 0.350. The Morgan fingerprint density at radius 3 is 2.38 bits per heavy atom. The van der Waals surface area contributed by atoms with Crippen LogP contribution in [0.4, 0.5) is 14.5 Å². The number of anilines is 1. The molecule has 1 N–H and O–H groups in total. The first-order chi connectivity index (χ1) is 13.8. The van der Waals surface area contributed by atoms with E-state index in [0.717, 1.165) is 41.9 Å². The molecular formula is C20H21BrF2N2O3S. The fourth-order valence-corrected chi connectivity index (χ4v) is 5.35. The van der Waals surface area contributed by atoms with Crippen molar-refractivity contribution in [3.8, 4) is 0 Å². The molecule has 0 aromatic heterocycles. The predicted molar refractivity (Wildman–Crippen MR) is 110 cm³/mol. The number of nitrogens with zero attached hydrogens (tertiary/aromatic N) is 1. The second kappa shape index (κ2) is 9.32. The van der Waals surface area contributed by atoms with Crippen LogP contribution >= 0.6 is 15.9 Å². The average Bonchev–Trinajstić information content (AvgIpc) is 2.70. The molecule has 0 spiro atoms. The smallest absolute Gasteiger partial charge is 0.243 e. The lowest BCUT2D eigenvalue weighted by molar-refractivity contribution is -0.116. The Hall–Kier alpha value is -1.84. The van der Waals surface area contributed by atoms with Crippen LogP contribution in [0.25, 0.3) is 0 Å². The number of carbonyl (C=O) groups is 1. The number of nitrogens with one attached hydrogen (secondary N) is 1. The lowest BCUT2D eigenvalue weighted by atomic mass is 9.95. The van der Waals surface area contributed by atoms with Crippen LogP contribution in [0.15, 0.2) is 51.8 Å². The molecule has 0 atom stereocenters. The topological polar surface area (TPSA) is 66.5 Å². The molecule has 3 rings (SSSR count).